The second kappa shape index (κ2) is 5.62. The van der Waals surface area contributed by atoms with Crippen molar-refractivity contribution in [2.45, 2.75) is 25.2 Å². The lowest BCUT2D eigenvalue weighted by Gasteiger charge is -2.21. The molecule has 1 rings (SSSR count). The van der Waals surface area contributed by atoms with Crippen LogP contribution >= 0.6 is 0 Å². The first kappa shape index (κ1) is 15.5. The average Bonchev–Trinajstić information content (AvgIpc) is 2.71. The lowest BCUT2D eigenvalue weighted by molar-refractivity contribution is -0.140. The molecule has 1 aromatic rings. The normalized spacial score (nSPS) is 15.1. The number of halogens is 3. The minimum atomic E-state index is -4.43. The van der Waals surface area contributed by atoms with Crippen molar-refractivity contribution >= 4 is 5.91 Å². The van der Waals surface area contributed by atoms with E-state index in [9.17, 15) is 23.1 Å². The molecule has 0 aliphatic rings. The fourth-order valence-corrected chi connectivity index (χ4v) is 1.37. The third-order valence-electron chi connectivity index (χ3n) is 2.38. The third-order valence-corrected chi connectivity index (χ3v) is 2.38. The van der Waals surface area contributed by atoms with E-state index in [4.69, 9.17) is 5.11 Å². The van der Waals surface area contributed by atoms with Gasteiger partial charge in [0, 0.05) is 12.7 Å². The van der Waals surface area contributed by atoms with E-state index in [-0.39, 0.29) is 12.2 Å². The second-order valence-electron chi connectivity index (χ2n) is 4.47. The number of carbonyl (C=O) groups excluding carboxylic acids is 1. The van der Waals surface area contributed by atoms with Crippen molar-refractivity contribution in [3.63, 3.8) is 0 Å². The molecule has 1 unspecified atom stereocenters. The zero-order chi connectivity index (χ0) is 14.7. The number of rotatable bonds is 5. The number of alkyl halides is 3. The number of nitrogens with zero attached hydrogens (tertiary/aromatic N) is 1. The quantitative estimate of drug-likeness (QED) is 0.736. The second-order valence-corrected chi connectivity index (χ2v) is 4.47. The molecular weight excluding hydrogens is 265 g/mol. The molecule has 8 heteroatoms. The van der Waals surface area contributed by atoms with E-state index in [0.29, 0.717) is 0 Å². The van der Waals surface area contributed by atoms with Crippen LogP contribution in [0, 0.1) is 0 Å². The zero-order valence-electron chi connectivity index (χ0n) is 10.2. The van der Waals surface area contributed by atoms with Gasteiger partial charge in [-0.15, -0.1) is 0 Å². The molecule has 108 valence electrons. The molecule has 1 heterocycles. The third kappa shape index (κ3) is 4.92. The van der Waals surface area contributed by atoms with Gasteiger partial charge in [0.05, 0.1) is 6.61 Å². The first-order valence-corrected chi connectivity index (χ1v) is 5.48. The maximum absolute atomic E-state index is 12.3. The molecule has 0 radical (unpaired) electrons. The number of nitrogens with one attached hydrogen (secondary N) is 1. The Morgan fingerprint density at radius 1 is 1.47 bits per heavy atom. The molecule has 0 fully saturated rings. The van der Waals surface area contributed by atoms with Crippen LogP contribution in [0.25, 0.3) is 0 Å². The van der Waals surface area contributed by atoms with Gasteiger partial charge >= 0.3 is 6.18 Å². The van der Waals surface area contributed by atoms with Crippen LogP contribution in [0.3, 0.4) is 0 Å². The van der Waals surface area contributed by atoms with Crippen LogP contribution in [0.4, 0.5) is 13.2 Å². The first-order valence-electron chi connectivity index (χ1n) is 5.48. The van der Waals surface area contributed by atoms with E-state index < -0.39 is 30.8 Å². The van der Waals surface area contributed by atoms with Gasteiger partial charge in [0.1, 0.15) is 17.8 Å². The minimum absolute atomic E-state index is 0.161. The molecule has 3 N–H and O–H groups in total. The van der Waals surface area contributed by atoms with E-state index in [1.165, 1.54) is 19.1 Å². The Morgan fingerprint density at radius 3 is 2.63 bits per heavy atom. The largest absolute Gasteiger partial charge is 0.406 e. The van der Waals surface area contributed by atoms with E-state index in [1.54, 1.807) is 0 Å². The van der Waals surface area contributed by atoms with Gasteiger partial charge in [0.25, 0.3) is 5.91 Å². The molecule has 5 nitrogen and oxygen atoms in total. The Kier molecular flexibility index (Phi) is 4.59. The molecule has 0 bridgehead atoms. The van der Waals surface area contributed by atoms with Gasteiger partial charge in [-0.05, 0) is 19.1 Å². The molecule has 1 amide bonds. The van der Waals surface area contributed by atoms with Gasteiger partial charge in [-0.3, -0.25) is 4.79 Å². The van der Waals surface area contributed by atoms with Crippen molar-refractivity contribution in [1.29, 1.82) is 0 Å². The number of hydrogen-bond acceptors (Lipinski definition) is 3. The Labute approximate surface area is 107 Å². The highest BCUT2D eigenvalue weighted by Crippen LogP contribution is 2.19. The van der Waals surface area contributed by atoms with Crippen LogP contribution in [0.5, 0.6) is 0 Å². The number of hydrogen-bond donors (Lipinski definition) is 3. The summed E-state index contributed by atoms with van der Waals surface area (Å²) in [7, 11) is 0. The fourth-order valence-electron chi connectivity index (χ4n) is 1.37. The van der Waals surface area contributed by atoms with Crippen LogP contribution in [-0.2, 0) is 6.54 Å². The summed E-state index contributed by atoms with van der Waals surface area (Å²) in [4.78, 5) is 11.7. The minimum Gasteiger partial charge on any atom is -0.393 e. The number of aliphatic hydroxyl groups excluding tert-OH is 1. The van der Waals surface area contributed by atoms with Crippen molar-refractivity contribution in [3.8, 4) is 0 Å². The summed E-state index contributed by atoms with van der Waals surface area (Å²) in [6, 6.07) is 2.57. The summed E-state index contributed by atoms with van der Waals surface area (Å²) in [6.07, 6.45) is -3.28. The highest BCUT2D eigenvalue weighted by molar-refractivity contribution is 5.92. The molecule has 0 aromatic carbocycles. The first-order chi connectivity index (χ1) is 8.64. The Morgan fingerprint density at radius 2 is 2.11 bits per heavy atom. The van der Waals surface area contributed by atoms with E-state index in [2.05, 4.69) is 5.32 Å². The van der Waals surface area contributed by atoms with Crippen LogP contribution in [-0.4, -0.2) is 45.6 Å². The van der Waals surface area contributed by atoms with Crippen LogP contribution in [0.1, 0.15) is 17.4 Å². The summed E-state index contributed by atoms with van der Waals surface area (Å²) < 4.78 is 37.6. The fraction of sp³-hybridized carbons (Fsp3) is 0.545. The van der Waals surface area contributed by atoms with Crippen molar-refractivity contribution in [1.82, 2.24) is 9.88 Å². The summed E-state index contributed by atoms with van der Waals surface area (Å²) in [5.41, 5.74) is -1.68. The van der Waals surface area contributed by atoms with E-state index >= 15 is 0 Å². The van der Waals surface area contributed by atoms with Crippen LogP contribution < -0.4 is 5.32 Å². The molecule has 1 aromatic heterocycles. The summed E-state index contributed by atoms with van der Waals surface area (Å²) in [6.45, 7) is -0.808. The van der Waals surface area contributed by atoms with Gasteiger partial charge in [-0.25, -0.2) is 0 Å². The Hall–Kier alpha value is -1.54. The lowest BCUT2D eigenvalue weighted by atomic mass is 10.1. The number of carbonyl (C=O) groups is 1. The summed E-state index contributed by atoms with van der Waals surface area (Å²) in [5, 5.41) is 20.5. The standard InChI is InChI=1S/C11H15F3N2O3/c1-10(19,7-17)5-15-9(18)8-3-2-4-16(8)6-11(12,13)14/h2-4,17,19H,5-7H2,1H3,(H,15,18). The molecule has 0 aliphatic heterocycles. The monoisotopic (exact) mass is 280 g/mol. The van der Waals surface area contributed by atoms with Gasteiger partial charge in [-0.1, -0.05) is 0 Å². The number of aliphatic hydroxyl groups is 2. The Balaban J connectivity index is 2.71. The molecule has 0 saturated heterocycles. The van der Waals surface area contributed by atoms with Crippen LogP contribution in [0.2, 0.25) is 0 Å². The highest BCUT2D eigenvalue weighted by Gasteiger charge is 2.29. The number of aromatic nitrogens is 1. The maximum Gasteiger partial charge on any atom is 0.406 e. The average molecular weight is 280 g/mol. The zero-order valence-corrected chi connectivity index (χ0v) is 10.2. The van der Waals surface area contributed by atoms with Crippen molar-refractivity contribution in [3.05, 3.63) is 24.0 Å². The van der Waals surface area contributed by atoms with Gasteiger partial charge in [-0.2, -0.15) is 13.2 Å². The predicted molar refractivity (Wildman–Crippen MR) is 60.5 cm³/mol. The maximum atomic E-state index is 12.3. The van der Waals surface area contributed by atoms with Gasteiger partial charge in [0.15, 0.2) is 0 Å². The predicted octanol–water partition coefficient (Wildman–Crippen LogP) is 0.523. The van der Waals surface area contributed by atoms with E-state index in [0.717, 1.165) is 10.8 Å². The molecule has 0 spiro atoms. The number of amides is 1. The molecule has 1 atom stereocenters. The molecule has 0 saturated carbocycles. The van der Waals surface area contributed by atoms with Crippen molar-refractivity contribution in [2.24, 2.45) is 0 Å². The SMILES string of the molecule is CC(O)(CO)CNC(=O)c1cccn1CC(F)(F)F. The van der Waals surface area contributed by atoms with E-state index in [1.807, 2.05) is 0 Å². The summed E-state index contributed by atoms with van der Waals surface area (Å²) >= 11 is 0. The molecule has 0 aliphatic carbocycles. The smallest absolute Gasteiger partial charge is 0.393 e. The highest BCUT2D eigenvalue weighted by atomic mass is 19.4. The molecule has 19 heavy (non-hydrogen) atoms. The summed E-state index contributed by atoms with van der Waals surface area (Å²) in [5.74, 6) is -0.747. The van der Waals surface area contributed by atoms with Crippen molar-refractivity contribution in [2.75, 3.05) is 13.2 Å². The topological polar surface area (TPSA) is 74.5 Å². The van der Waals surface area contributed by atoms with Crippen molar-refractivity contribution < 1.29 is 28.2 Å². The van der Waals surface area contributed by atoms with Gasteiger partial charge in [0.2, 0.25) is 0 Å². The van der Waals surface area contributed by atoms with Crippen LogP contribution in [0.15, 0.2) is 18.3 Å². The molecular formula is C11H15F3N2O3. The van der Waals surface area contributed by atoms with Gasteiger partial charge < -0.3 is 20.1 Å². The lowest BCUT2D eigenvalue weighted by Crippen LogP contribution is -2.43. The Bertz CT molecular complexity index is 441.